The number of carbonyl (C=O) groups is 1. The van der Waals surface area contributed by atoms with Gasteiger partial charge in [0.05, 0.1) is 5.56 Å². The topological polar surface area (TPSA) is 72.1 Å². The van der Waals surface area contributed by atoms with Crippen LogP contribution < -0.4 is 0 Å². The van der Waals surface area contributed by atoms with Crippen molar-refractivity contribution in [3.8, 4) is 11.5 Å². The fraction of sp³-hybridized carbons (Fsp3) is 0.263. The molecule has 1 atom stereocenters. The summed E-state index contributed by atoms with van der Waals surface area (Å²) in [6, 6.07) is 6.51. The third-order valence-corrected chi connectivity index (χ3v) is 4.60. The second-order valence-electron chi connectivity index (χ2n) is 6.41. The molecular weight excluding hydrogens is 354 g/mol. The van der Waals surface area contributed by atoms with Crippen LogP contribution in [0.5, 0.6) is 0 Å². The van der Waals surface area contributed by atoms with Gasteiger partial charge in [-0.15, -0.1) is 0 Å². The molecule has 2 aromatic heterocycles. The van der Waals surface area contributed by atoms with E-state index in [4.69, 9.17) is 4.52 Å². The number of piperidine rings is 1. The van der Waals surface area contributed by atoms with Crippen molar-refractivity contribution in [2.24, 2.45) is 0 Å². The van der Waals surface area contributed by atoms with Crippen LogP contribution in [0.4, 0.5) is 8.78 Å². The zero-order valence-electron chi connectivity index (χ0n) is 14.3. The molecule has 1 amide bonds. The van der Waals surface area contributed by atoms with Crippen molar-refractivity contribution in [2.75, 3.05) is 13.1 Å². The number of amides is 1. The molecule has 1 aromatic carbocycles. The predicted octanol–water partition coefficient (Wildman–Crippen LogP) is 3.43. The lowest BCUT2D eigenvalue weighted by molar-refractivity contribution is 0.0698. The number of hydrogen-bond donors (Lipinski definition) is 0. The molecule has 3 heterocycles. The van der Waals surface area contributed by atoms with Gasteiger partial charge in [0.1, 0.15) is 11.6 Å². The Kier molecular flexibility index (Phi) is 4.62. The van der Waals surface area contributed by atoms with Crippen LogP contribution in [-0.2, 0) is 0 Å². The first-order valence-electron chi connectivity index (χ1n) is 8.60. The first-order valence-corrected chi connectivity index (χ1v) is 8.60. The summed E-state index contributed by atoms with van der Waals surface area (Å²) in [7, 11) is 0. The van der Waals surface area contributed by atoms with E-state index in [-0.39, 0.29) is 11.5 Å². The number of hydrogen-bond acceptors (Lipinski definition) is 5. The molecule has 6 nitrogen and oxygen atoms in total. The van der Waals surface area contributed by atoms with Crippen LogP contribution in [0.25, 0.3) is 11.5 Å². The zero-order chi connectivity index (χ0) is 18.8. The highest BCUT2D eigenvalue weighted by Crippen LogP contribution is 2.28. The molecule has 1 unspecified atom stereocenters. The Morgan fingerprint density at radius 1 is 1.19 bits per heavy atom. The maximum absolute atomic E-state index is 13.9. The number of likely N-dealkylation sites (tertiary alicyclic amines) is 1. The van der Waals surface area contributed by atoms with Crippen LogP contribution in [0.1, 0.15) is 34.9 Å². The van der Waals surface area contributed by atoms with Gasteiger partial charge >= 0.3 is 0 Å². The highest BCUT2D eigenvalue weighted by Gasteiger charge is 2.29. The van der Waals surface area contributed by atoms with Crippen molar-refractivity contribution in [3.63, 3.8) is 0 Å². The molecule has 0 saturated carbocycles. The van der Waals surface area contributed by atoms with Crippen LogP contribution in [-0.4, -0.2) is 39.0 Å². The summed E-state index contributed by atoms with van der Waals surface area (Å²) in [5, 5.41) is 4.04. The van der Waals surface area contributed by atoms with Gasteiger partial charge in [-0.1, -0.05) is 5.16 Å². The van der Waals surface area contributed by atoms with Gasteiger partial charge in [0.15, 0.2) is 5.82 Å². The van der Waals surface area contributed by atoms with Gasteiger partial charge in [0.25, 0.3) is 11.8 Å². The van der Waals surface area contributed by atoms with Gasteiger partial charge in [0.2, 0.25) is 0 Å². The largest absolute Gasteiger partial charge is 0.338 e. The van der Waals surface area contributed by atoms with E-state index in [1.807, 2.05) is 0 Å². The molecule has 1 saturated heterocycles. The van der Waals surface area contributed by atoms with Crippen LogP contribution >= 0.6 is 0 Å². The van der Waals surface area contributed by atoms with Crippen molar-refractivity contribution >= 4 is 5.91 Å². The molecular formula is C19H16F2N4O2. The third-order valence-electron chi connectivity index (χ3n) is 4.60. The number of aromatic nitrogens is 3. The molecule has 8 heteroatoms. The summed E-state index contributed by atoms with van der Waals surface area (Å²) in [5.41, 5.74) is 0.628. The molecule has 27 heavy (non-hydrogen) atoms. The van der Waals surface area contributed by atoms with Crippen molar-refractivity contribution in [1.29, 1.82) is 0 Å². The van der Waals surface area contributed by atoms with Crippen molar-refractivity contribution in [3.05, 3.63) is 65.7 Å². The van der Waals surface area contributed by atoms with Gasteiger partial charge in [-0.3, -0.25) is 9.78 Å². The summed E-state index contributed by atoms with van der Waals surface area (Å²) >= 11 is 0. The molecule has 4 rings (SSSR count). The molecule has 0 aliphatic carbocycles. The van der Waals surface area contributed by atoms with Gasteiger partial charge in [-0.25, -0.2) is 8.78 Å². The van der Waals surface area contributed by atoms with Gasteiger partial charge in [0, 0.05) is 43.0 Å². The zero-order valence-corrected chi connectivity index (χ0v) is 14.3. The van der Waals surface area contributed by atoms with E-state index in [2.05, 4.69) is 15.1 Å². The van der Waals surface area contributed by atoms with E-state index >= 15 is 0 Å². The number of rotatable bonds is 3. The number of benzene rings is 1. The maximum atomic E-state index is 13.9. The van der Waals surface area contributed by atoms with Crippen LogP contribution in [0.3, 0.4) is 0 Å². The standard InChI is InChI=1S/C19H16F2N4O2/c20-14-3-4-15(16(21)10-14)19(26)25-9-1-2-13(11-25)17-23-18(27-24-17)12-5-7-22-8-6-12/h3-8,10,13H,1-2,9,11H2. The summed E-state index contributed by atoms with van der Waals surface area (Å²) < 4.78 is 32.3. The Bertz CT molecular complexity index is 961. The Labute approximate surface area is 153 Å². The van der Waals surface area contributed by atoms with E-state index < -0.39 is 17.5 Å². The molecule has 0 bridgehead atoms. The highest BCUT2D eigenvalue weighted by molar-refractivity contribution is 5.94. The second kappa shape index (κ2) is 7.22. The molecule has 138 valence electrons. The number of carbonyl (C=O) groups excluding carboxylic acids is 1. The first kappa shape index (κ1) is 17.3. The Hall–Kier alpha value is -3.16. The molecule has 1 aliphatic heterocycles. The quantitative estimate of drug-likeness (QED) is 0.706. The third kappa shape index (κ3) is 3.55. The van der Waals surface area contributed by atoms with Crippen LogP contribution in [0, 0.1) is 11.6 Å². The minimum absolute atomic E-state index is 0.106. The average molecular weight is 370 g/mol. The fourth-order valence-corrected chi connectivity index (χ4v) is 3.22. The van der Waals surface area contributed by atoms with E-state index in [9.17, 15) is 13.6 Å². The predicted molar refractivity (Wildman–Crippen MR) is 91.8 cm³/mol. The van der Waals surface area contributed by atoms with Crippen LogP contribution in [0.2, 0.25) is 0 Å². The smallest absolute Gasteiger partial charge is 0.258 e. The van der Waals surface area contributed by atoms with Gasteiger partial charge < -0.3 is 9.42 Å². The number of nitrogens with zero attached hydrogens (tertiary/aromatic N) is 4. The van der Waals surface area contributed by atoms with E-state index in [1.54, 1.807) is 29.4 Å². The Morgan fingerprint density at radius 3 is 2.78 bits per heavy atom. The monoisotopic (exact) mass is 370 g/mol. The summed E-state index contributed by atoms with van der Waals surface area (Å²) in [6.07, 6.45) is 4.80. The average Bonchev–Trinajstić information content (AvgIpc) is 3.19. The van der Waals surface area contributed by atoms with E-state index in [1.165, 1.54) is 6.07 Å². The normalized spacial score (nSPS) is 17.1. The maximum Gasteiger partial charge on any atom is 0.258 e. The minimum Gasteiger partial charge on any atom is -0.338 e. The molecule has 1 aliphatic rings. The van der Waals surface area contributed by atoms with Crippen molar-refractivity contribution in [2.45, 2.75) is 18.8 Å². The SMILES string of the molecule is O=C(c1ccc(F)cc1F)N1CCCC(c2noc(-c3ccncc3)n2)C1. The van der Waals surface area contributed by atoms with Gasteiger partial charge in [-0.2, -0.15) is 4.98 Å². The second-order valence-corrected chi connectivity index (χ2v) is 6.41. The van der Waals surface area contributed by atoms with Crippen molar-refractivity contribution < 1.29 is 18.1 Å². The molecule has 0 N–H and O–H groups in total. The molecule has 0 radical (unpaired) electrons. The summed E-state index contributed by atoms with van der Waals surface area (Å²) in [5.74, 6) is -1.24. The summed E-state index contributed by atoms with van der Waals surface area (Å²) in [4.78, 5) is 22.6. The molecule has 3 aromatic rings. The van der Waals surface area contributed by atoms with Gasteiger partial charge in [-0.05, 0) is 37.1 Å². The van der Waals surface area contributed by atoms with Crippen LogP contribution in [0.15, 0.2) is 47.2 Å². The first-order chi connectivity index (χ1) is 13.1. The highest BCUT2D eigenvalue weighted by atomic mass is 19.1. The fourth-order valence-electron chi connectivity index (χ4n) is 3.22. The summed E-state index contributed by atoms with van der Waals surface area (Å²) in [6.45, 7) is 0.853. The minimum atomic E-state index is -0.860. The molecule has 0 spiro atoms. The van der Waals surface area contributed by atoms with E-state index in [0.29, 0.717) is 24.8 Å². The lowest BCUT2D eigenvalue weighted by Crippen LogP contribution is -2.39. The molecule has 1 fully saturated rings. The van der Waals surface area contributed by atoms with Crippen molar-refractivity contribution in [1.82, 2.24) is 20.0 Å². The Balaban J connectivity index is 1.51. The number of halogens is 2. The van der Waals surface area contributed by atoms with E-state index in [0.717, 1.165) is 30.5 Å². The lowest BCUT2D eigenvalue weighted by atomic mass is 9.96. The lowest BCUT2D eigenvalue weighted by Gasteiger charge is -2.31. The number of pyridine rings is 1. The Morgan fingerprint density at radius 2 is 2.00 bits per heavy atom.